The fraction of sp³-hybridized carbons (Fsp3) is 0.273. The molecular weight excluding hydrogens is 352 g/mol. The third-order valence-electron chi connectivity index (χ3n) is 4.55. The smallest absolute Gasteiger partial charge is 0.275 e. The Bertz CT molecular complexity index is 891. The summed E-state index contributed by atoms with van der Waals surface area (Å²) >= 11 is 0. The highest BCUT2D eigenvalue weighted by atomic mass is 16.5. The molecule has 0 aliphatic carbocycles. The monoisotopic (exact) mass is 378 g/mol. The van der Waals surface area contributed by atoms with Gasteiger partial charge in [0.15, 0.2) is 11.4 Å². The molecule has 6 nitrogen and oxygen atoms in total. The molecule has 0 aliphatic heterocycles. The number of nitrogens with zero attached hydrogens (tertiary/aromatic N) is 2. The van der Waals surface area contributed by atoms with Gasteiger partial charge in [-0.15, -0.1) is 0 Å². The van der Waals surface area contributed by atoms with Gasteiger partial charge in [0, 0.05) is 18.3 Å². The summed E-state index contributed by atoms with van der Waals surface area (Å²) < 4.78 is 7.01. The number of hydrogen-bond acceptors (Lipinski definition) is 4. The largest absolute Gasteiger partial charge is 0.493 e. The van der Waals surface area contributed by atoms with Crippen molar-refractivity contribution in [1.29, 1.82) is 0 Å². The molecule has 1 atom stereocenters. The molecule has 2 N–H and O–H groups in total. The molecule has 1 unspecified atom stereocenters. The first-order valence-electron chi connectivity index (χ1n) is 9.37. The topological polar surface area (TPSA) is 68.2 Å². The van der Waals surface area contributed by atoms with Crippen molar-refractivity contribution in [3.05, 3.63) is 72.6 Å². The van der Waals surface area contributed by atoms with Gasteiger partial charge in [0.05, 0.1) is 19.0 Å². The van der Waals surface area contributed by atoms with Crippen LogP contribution in [0.4, 0.5) is 5.69 Å². The SMILES string of the molecule is COc1cn(-c2ccccc2)nc1C(=O)NCC(Nc1ccccc1)C(C)C. The summed E-state index contributed by atoms with van der Waals surface area (Å²) in [6, 6.07) is 19.7. The number of hydrogen-bond donors (Lipinski definition) is 2. The van der Waals surface area contributed by atoms with E-state index in [1.807, 2.05) is 60.7 Å². The van der Waals surface area contributed by atoms with Crippen molar-refractivity contribution < 1.29 is 9.53 Å². The number of carbonyl (C=O) groups is 1. The van der Waals surface area contributed by atoms with Crippen LogP contribution in [-0.2, 0) is 0 Å². The molecule has 2 aromatic carbocycles. The average Bonchev–Trinajstić information content (AvgIpc) is 3.17. The summed E-state index contributed by atoms with van der Waals surface area (Å²) in [6.45, 7) is 4.72. The Morgan fingerprint density at radius 1 is 1.07 bits per heavy atom. The number of nitrogens with one attached hydrogen (secondary N) is 2. The van der Waals surface area contributed by atoms with Crippen molar-refractivity contribution in [1.82, 2.24) is 15.1 Å². The Kier molecular flexibility index (Phi) is 6.32. The number of carbonyl (C=O) groups excluding carboxylic acids is 1. The molecule has 0 fully saturated rings. The van der Waals surface area contributed by atoms with Gasteiger partial charge < -0.3 is 15.4 Å². The molecule has 1 heterocycles. The zero-order valence-corrected chi connectivity index (χ0v) is 16.4. The van der Waals surface area contributed by atoms with Gasteiger partial charge in [-0.2, -0.15) is 5.10 Å². The van der Waals surface area contributed by atoms with Crippen LogP contribution >= 0.6 is 0 Å². The molecule has 28 heavy (non-hydrogen) atoms. The molecule has 0 aliphatic rings. The van der Waals surface area contributed by atoms with E-state index in [9.17, 15) is 4.79 Å². The van der Waals surface area contributed by atoms with Gasteiger partial charge in [-0.3, -0.25) is 4.79 Å². The number of amides is 1. The summed E-state index contributed by atoms with van der Waals surface area (Å²) in [4.78, 5) is 12.8. The van der Waals surface area contributed by atoms with E-state index >= 15 is 0 Å². The van der Waals surface area contributed by atoms with Gasteiger partial charge in [0.2, 0.25) is 0 Å². The normalized spacial score (nSPS) is 11.9. The van der Waals surface area contributed by atoms with Gasteiger partial charge in [0.25, 0.3) is 5.91 Å². The predicted molar refractivity (Wildman–Crippen MR) is 111 cm³/mol. The lowest BCUT2D eigenvalue weighted by atomic mass is 10.0. The first kappa shape index (κ1) is 19.5. The number of aromatic nitrogens is 2. The summed E-state index contributed by atoms with van der Waals surface area (Å²) in [7, 11) is 1.54. The maximum absolute atomic E-state index is 12.8. The van der Waals surface area contributed by atoms with E-state index in [-0.39, 0.29) is 17.6 Å². The molecule has 1 aromatic heterocycles. The molecule has 3 rings (SSSR count). The minimum Gasteiger partial charge on any atom is -0.493 e. The van der Waals surface area contributed by atoms with Crippen molar-refractivity contribution in [2.75, 3.05) is 19.0 Å². The van der Waals surface area contributed by atoms with Crippen LogP contribution in [0.15, 0.2) is 66.9 Å². The van der Waals surface area contributed by atoms with Gasteiger partial charge in [-0.1, -0.05) is 50.2 Å². The lowest BCUT2D eigenvalue weighted by Crippen LogP contribution is -2.39. The quantitative estimate of drug-likeness (QED) is 0.626. The Labute approximate surface area is 165 Å². The minimum atomic E-state index is -0.257. The molecule has 0 spiro atoms. The maximum Gasteiger partial charge on any atom is 0.275 e. The summed E-state index contributed by atoms with van der Waals surface area (Å²) in [6.07, 6.45) is 1.71. The number of anilines is 1. The fourth-order valence-electron chi connectivity index (χ4n) is 2.87. The number of rotatable bonds is 8. The van der Waals surface area contributed by atoms with Crippen molar-refractivity contribution in [3.8, 4) is 11.4 Å². The van der Waals surface area contributed by atoms with Crippen molar-refractivity contribution in [2.24, 2.45) is 5.92 Å². The van der Waals surface area contributed by atoms with Crippen LogP contribution in [0.1, 0.15) is 24.3 Å². The third-order valence-corrected chi connectivity index (χ3v) is 4.55. The molecule has 0 saturated heterocycles. The molecule has 0 radical (unpaired) electrons. The van der Waals surface area contributed by atoms with E-state index in [0.717, 1.165) is 11.4 Å². The zero-order chi connectivity index (χ0) is 19.9. The zero-order valence-electron chi connectivity index (χ0n) is 16.4. The van der Waals surface area contributed by atoms with Gasteiger partial charge in [0.1, 0.15) is 0 Å². The Morgan fingerprint density at radius 3 is 2.32 bits per heavy atom. The molecular formula is C22H26N4O2. The van der Waals surface area contributed by atoms with Crippen LogP contribution in [0.5, 0.6) is 5.75 Å². The highest BCUT2D eigenvalue weighted by Crippen LogP contribution is 2.19. The second-order valence-corrected chi connectivity index (χ2v) is 6.90. The molecule has 0 saturated carbocycles. The second-order valence-electron chi connectivity index (χ2n) is 6.90. The van der Waals surface area contributed by atoms with Crippen LogP contribution in [0.3, 0.4) is 0 Å². The Balaban J connectivity index is 1.70. The first-order valence-corrected chi connectivity index (χ1v) is 9.37. The molecule has 0 bridgehead atoms. The lowest BCUT2D eigenvalue weighted by molar-refractivity contribution is 0.0942. The van der Waals surface area contributed by atoms with Gasteiger partial charge in [-0.05, 0) is 30.2 Å². The first-order chi connectivity index (χ1) is 13.6. The minimum absolute atomic E-state index is 0.0913. The molecule has 146 valence electrons. The standard InChI is InChI=1S/C22H26N4O2/c1-16(2)19(24-17-10-6-4-7-11-17)14-23-22(27)21-20(28-3)15-26(25-21)18-12-8-5-9-13-18/h4-13,15-16,19,24H,14H2,1-3H3,(H,23,27). The van der Waals surface area contributed by atoms with Crippen LogP contribution in [0.25, 0.3) is 5.69 Å². The Morgan fingerprint density at radius 2 is 1.71 bits per heavy atom. The highest BCUT2D eigenvalue weighted by Gasteiger charge is 2.20. The van der Waals surface area contributed by atoms with Crippen molar-refractivity contribution in [2.45, 2.75) is 19.9 Å². The van der Waals surface area contributed by atoms with Crippen LogP contribution in [-0.4, -0.2) is 35.4 Å². The average molecular weight is 378 g/mol. The van der Waals surface area contributed by atoms with Gasteiger partial charge in [-0.25, -0.2) is 4.68 Å². The predicted octanol–water partition coefficient (Wildman–Crippen LogP) is 3.75. The second kappa shape index (κ2) is 9.08. The number of benzene rings is 2. The van der Waals surface area contributed by atoms with E-state index in [1.165, 1.54) is 7.11 Å². The van der Waals surface area contributed by atoms with E-state index < -0.39 is 0 Å². The highest BCUT2D eigenvalue weighted by molar-refractivity contribution is 5.95. The number of para-hydroxylation sites is 2. The fourth-order valence-corrected chi connectivity index (χ4v) is 2.87. The molecule has 6 heteroatoms. The van der Waals surface area contributed by atoms with Crippen LogP contribution < -0.4 is 15.4 Å². The summed E-state index contributed by atoms with van der Waals surface area (Å²) in [5.41, 5.74) is 2.17. The van der Waals surface area contributed by atoms with E-state index in [2.05, 4.69) is 29.6 Å². The summed E-state index contributed by atoms with van der Waals surface area (Å²) in [5, 5.41) is 10.9. The van der Waals surface area contributed by atoms with Crippen molar-refractivity contribution in [3.63, 3.8) is 0 Å². The molecule has 1 amide bonds. The summed E-state index contributed by atoms with van der Waals surface area (Å²) in [5.74, 6) is 0.523. The Hall–Kier alpha value is -3.28. The number of methoxy groups -OCH3 is 1. The van der Waals surface area contributed by atoms with Crippen molar-refractivity contribution >= 4 is 11.6 Å². The van der Waals surface area contributed by atoms with Gasteiger partial charge >= 0.3 is 0 Å². The van der Waals surface area contributed by atoms with E-state index in [4.69, 9.17) is 4.74 Å². The molecule has 3 aromatic rings. The number of ether oxygens (including phenoxy) is 1. The maximum atomic E-state index is 12.8. The third kappa shape index (κ3) is 4.71. The van der Waals surface area contributed by atoms with Crippen LogP contribution in [0.2, 0.25) is 0 Å². The van der Waals surface area contributed by atoms with E-state index in [1.54, 1.807) is 10.9 Å². The van der Waals surface area contributed by atoms with Crippen LogP contribution in [0, 0.1) is 5.92 Å². The van der Waals surface area contributed by atoms with E-state index in [0.29, 0.717) is 18.2 Å². The lowest BCUT2D eigenvalue weighted by Gasteiger charge is -2.23.